The fourth-order valence-corrected chi connectivity index (χ4v) is 1.80. The molecular formula is C11H9F6NO. The molecule has 1 aromatic rings. The first-order valence-corrected chi connectivity index (χ1v) is 5.10. The third-order valence-electron chi connectivity index (χ3n) is 2.52. The number of alkyl halides is 6. The molecular weight excluding hydrogens is 276 g/mol. The van der Waals surface area contributed by atoms with E-state index in [9.17, 15) is 31.1 Å². The van der Waals surface area contributed by atoms with Gasteiger partial charge in [0.25, 0.3) is 0 Å². The molecule has 0 unspecified atom stereocenters. The van der Waals surface area contributed by atoms with Crippen molar-refractivity contribution in [1.82, 2.24) is 0 Å². The average Bonchev–Trinajstić information content (AvgIpc) is 2.24. The molecule has 0 heterocycles. The zero-order valence-corrected chi connectivity index (χ0v) is 9.62. The molecule has 0 bridgehead atoms. The number of primary amides is 1. The normalized spacial score (nSPS) is 12.6. The summed E-state index contributed by atoms with van der Waals surface area (Å²) in [6, 6.07) is 0.538. The Bertz CT molecular complexity index is 503. The lowest BCUT2D eigenvalue weighted by Crippen LogP contribution is -2.24. The van der Waals surface area contributed by atoms with E-state index in [1.165, 1.54) is 6.92 Å². The molecule has 0 saturated carbocycles. The molecule has 1 rings (SSSR count). The zero-order valence-electron chi connectivity index (χ0n) is 9.62. The molecule has 106 valence electrons. The van der Waals surface area contributed by atoms with E-state index in [4.69, 9.17) is 5.73 Å². The Kier molecular flexibility index (Phi) is 3.83. The second-order valence-electron chi connectivity index (χ2n) is 3.73. The SMILES string of the molecule is CCc1c(C(F)(F)F)ccc(C(F)(F)F)c1C(N)=O. The topological polar surface area (TPSA) is 43.1 Å². The maximum Gasteiger partial charge on any atom is 0.417 e. The van der Waals surface area contributed by atoms with Crippen LogP contribution in [-0.4, -0.2) is 5.91 Å². The van der Waals surface area contributed by atoms with Crippen molar-refractivity contribution in [2.75, 3.05) is 0 Å². The lowest BCUT2D eigenvalue weighted by atomic mass is 9.93. The number of amides is 1. The number of carbonyl (C=O) groups excluding carboxylic acids is 1. The van der Waals surface area contributed by atoms with Crippen LogP contribution < -0.4 is 5.73 Å². The molecule has 0 fully saturated rings. The van der Waals surface area contributed by atoms with Crippen LogP contribution in [0.25, 0.3) is 0 Å². The predicted molar refractivity (Wildman–Crippen MR) is 54.3 cm³/mol. The Labute approximate surface area is 104 Å². The predicted octanol–water partition coefficient (Wildman–Crippen LogP) is 3.39. The van der Waals surface area contributed by atoms with Gasteiger partial charge in [0, 0.05) is 0 Å². The van der Waals surface area contributed by atoms with E-state index in [2.05, 4.69) is 0 Å². The van der Waals surface area contributed by atoms with Gasteiger partial charge in [-0.3, -0.25) is 4.79 Å². The Hall–Kier alpha value is -1.73. The summed E-state index contributed by atoms with van der Waals surface area (Å²) in [5.74, 6) is -1.53. The minimum Gasteiger partial charge on any atom is -0.366 e. The van der Waals surface area contributed by atoms with Gasteiger partial charge in [0.15, 0.2) is 0 Å². The van der Waals surface area contributed by atoms with Gasteiger partial charge in [0.2, 0.25) is 5.91 Å². The number of nitrogens with two attached hydrogens (primary N) is 1. The summed E-state index contributed by atoms with van der Waals surface area (Å²) in [6.07, 6.45) is -10.2. The van der Waals surface area contributed by atoms with Crippen molar-refractivity contribution in [3.63, 3.8) is 0 Å². The highest BCUT2D eigenvalue weighted by molar-refractivity contribution is 5.96. The molecule has 8 heteroatoms. The quantitative estimate of drug-likeness (QED) is 0.832. The standard InChI is InChI=1S/C11H9F6NO/c1-2-5-6(10(12,13)14)3-4-7(11(15,16)17)8(5)9(18)19/h3-4H,2H2,1H3,(H2,18,19). The monoisotopic (exact) mass is 285 g/mol. The third-order valence-corrected chi connectivity index (χ3v) is 2.52. The maximum absolute atomic E-state index is 12.7. The lowest BCUT2D eigenvalue weighted by Gasteiger charge is -2.19. The van der Waals surface area contributed by atoms with Gasteiger partial charge in [0.05, 0.1) is 16.7 Å². The molecule has 0 aliphatic carbocycles. The van der Waals surface area contributed by atoms with Crippen LogP contribution >= 0.6 is 0 Å². The van der Waals surface area contributed by atoms with E-state index in [1.54, 1.807) is 0 Å². The number of rotatable bonds is 2. The van der Waals surface area contributed by atoms with E-state index in [-0.39, 0.29) is 6.07 Å². The second-order valence-corrected chi connectivity index (χ2v) is 3.73. The van der Waals surface area contributed by atoms with Gasteiger partial charge in [0.1, 0.15) is 0 Å². The largest absolute Gasteiger partial charge is 0.417 e. The van der Waals surface area contributed by atoms with E-state index >= 15 is 0 Å². The minimum atomic E-state index is -4.95. The molecule has 2 nitrogen and oxygen atoms in total. The first kappa shape index (κ1) is 15.3. The summed E-state index contributed by atoms with van der Waals surface area (Å²) < 4.78 is 76.0. The number of carbonyl (C=O) groups is 1. The van der Waals surface area contributed by atoms with Crippen LogP contribution in [-0.2, 0) is 18.8 Å². The molecule has 19 heavy (non-hydrogen) atoms. The van der Waals surface area contributed by atoms with Crippen LogP contribution in [0.4, 0.5) is 26.3 Å². The van der Waals surface area contributed by atoms with Crippen molar-refractivity contribution in [2.24, 2.45) is 5.73 Å². The van der Waals surface area contributed by atoms with Crippen molar-refractivity contribution in [3.05, 3.63) is 34.4 Å². The Morgan fingerprint density at radius 3 is 1.79 bits per heavy atom. The van der Waals surface area contributed by atoms with E-state index in [0.29, 0.717) is 6.07 Å². The molecule has 0 aliphatic heterocycles. The Morgan fingerprint density at radius 2 is 1.47 bits per heavy atom. The fourth-order valence-electron chi connectivity index (χ4n) is 1.80. The number of hydrogen-bond donors (Lipinski definition) is 1. The van der Waals surface area contributed by atoms with Crippen LogP contribution in [0.2, 0.25) is 0 Å². The van der Waals surface area contributed by atoms with Crippen molar-refractivity contribution in [1.29, 1.82) is 0 Å². The first-order valence-electron chi connectivity index (χ1n) is 5.10. The van der Waals surface area contributed by atoms with Gasteiger partial charge in [-0.05, 0) is 24.1 Å². The molecule has 1 aromatic carbocycles. The van der Waals surface area contributed by atoms with Gasteiger partial charge in [-0.2, -0.15) is 26.3 Å². The van der Waals surface area contributed by atoms with Gasteiger partial charge in [-0.1, -0.05) is 6.92 Å². The van der Waals surface area contributed by atoms with Crippen LogP contribution in [0.15, 0.2) is 12.1 Å². The smallest absolute Gasteiger partial charge is 0.366 e. The summed E-state index contributed by atoms with van der Waals surface area (Å²) in [5.41, 5.74) is 0.198. The molecule has 0 aliphatic rings. The molecule has 0 atom stereocenters. The summed E-state index contributed by atoms with van der Waals surface area (Å²) in [7, 11) is 0. The molecule has 0 saturated heterocycles. The molecule has 0 aromatic heterocycles. The van der Waals surface area contributed by atoms with Crippen LogP contribution in [0, 0.1) is 0 Å². The Balaban J connectivity index is 3.72. The minimum absolute atomic E-state index is 0.224. The van der Waals surface area contributed by atoms with Crippen LogP contribution in [0.5, 0.6) is 0 Å². The van der Waals surface area contributed by atoms with Crippen molar-refractivity contribution in [3.8, 4) is 0 Å². The highest BCUT2D eigenvalue weighted by atomic mass is 19.4. The molecule has 2 N–H and O–H groups in total. The van der Waals surface area contributed by atoms with Crippen molar-refractivity contribution < 1.29 is 31.1 Å². The average molecular weight is 285 g/mol. The first-order chi connectivity index (χ1) is 8.50. The lowest BCUT2D eigenvalue weighted by molar-refractivity contribution is -0.142. The summed E-state index contributed by atoms with van der Waals surface area (Å²) in [6.45, 7) is 1.22. The highest BCUT2D eigenvalue weighted by Gasteiger charge is 2.40. The highest BCUT2D eigenvalue weighted by Crippen LogP contribution is 2.39. The van der Waals surface area contributed by atoms with Gasteiger partial charge in [-0.15, -0.1) is 0 Å². The zero-order chi connectivity index (χ0) is 15.0. The number of hydrogen-bond acceptors (Lipinski definition) is 1. The van der Waals surface area contributed by atoms with E-state index in [0.717, 1.165) is 0 Å². The van der Waals surface area contributed by atoms with Crippen molar-refractivity contribution >= 4 is 5.91 Å². The second kappa shape index (κ2) is 4.75. The summed E-state index contributed by atoms with van der Waals surface area (Å²) >= 11 is 0. The van der Waals surface area contributed by atoms with Crippen LogP contribution in [0.1, 0.15) is 34.0 Å². The Morgan fingerprint density at radius 1 is 1.05 bits per heavy atom. The molecule has 0 spiro atoms. The third kappa shape index (κ3) is 2.99. The number of benzene rings is 1. The van der Waals surface area contributed by atoms with Gasteiger partial charge >= 0.3 is 12.4 Å². The van der Waals surface area contributed by atoms with Crippen molar-refractivity contribution in [2.45, 2.75) is 25.7 Å². The van der Waals surface area contributed by atoms with Crippen LogP contribution in [0.3, 0.4) is 0 Å². The fraction of sp³-hybridized carbons (Fsp3) is 0.364. The maximum atomic E-state index is 12.7. The molecule has 0 radical (unpaired) electrons. The van der Waals surface area contributed by atoms with Gasteiger partial charge in [-0.25, -0.2) is 0 Å². The summed E-state index contributed by atoms with van der Waals surface area (Å²) in [4.78, 5) is 11.1. The summed E-state index contributed by atoms with van der Waals surface area (Å²) in [5, 5.41) is 0. The number of halogens is 6. The van der Waals surface area contributed by atoms with E-state index in [1.807, 2.05) is 0 Å². The van der Waals surface area contributed by atoms with Gasteiger partial charge < -0.3 is 5.73 Å². The molecule has 1 amide bonds. The van der Waals surface area contributed by atoms with E-state index < -0.39 is 46.9 Å².